The Morgan fingerprint density at radius 3 is 2.28 bits per heavy atom. The van der Waals surface area contributed by atoms with Crippen molar-refractivity contribution >= 4 is 39.0 Å². The molecule has 36 heavy (non-hydrogen) atoms. The van der Waals surface area contributed by atoms with Gasteiger partial charge in [-0.3, -0.25) is 13.9 Å². The summed E-state index contributed by atoms with van der Waals surface area (Å²) in [4.78, 5) is 25.9. The third-order valence-corrected chi connectivity index (χ3v) is 7.46. The molecular formula is C25H25FN4O5S. The highest BCUT2D eigenvalue weighted by molar-refractivity contribution is 7.92. The van der Waals surface area contributed by atoms with Crippen LogP contribution < -0.4 is 19.8 Å². The van der Waals surface area contributed by atoms with E-state index in [1.165, 1.54) is 36.4 Å². The van der Waals surface area contributed by atoms with Crippen LogP contribution >= 0.6 is 0 Å². The highest BCUT2D eigenvalue weighted by Crippen LogP contribution is 2.26. The standard InChI is InChI=1S/C25H25FN4O5S/c26-19-2-1-3-23(16-19)36(34,35)30(17-24(31)32)22-10-6-20(7-11-22)28-25(33)18-4-8-21(9-5-18)29-14-12-27-13-15-29/h1-11,16,27H,12-15,17H2,(H,28,33)(H,31,32). The van der Waals surface area contributed by atoms with Gasteiger partial charge in [-0.15, -0.1) is 0 Å². The van der Waals surface area contributed by atoms with Crippen molar-refractivity contribution in [1.29, 1.82) is 0 Å². The topological polar surface area (TPSA) is 119 Å². The first-order chi connectivity index (χ1) is 17.2. The van der Waals surface area contributed by atoms with Crippen molar-refractivity contribution in [2.45, 2.75) is 4.90 Å². The number of nitrogens with one attached hydrogen (secondary N) is 2. The molecule has 1 aliphatic rings. The molecule has 1 amide bonds. The summed E-state index contributed by atoms with van der Waals surface area (Å²) in [6, 6.07) is 17.3. The van der Waals surface area contributed by atoms with E-state index in [9.17, 15) is 27.5 Å². The molecule has 3 aromatic carbocycles. The predicted molar refractivity (Wildman–Crippen MR) is 134 cm³/mol. The maximum absolute atomic E-state index is 13.6. The van der Waals surface area contributed by atoms with Gasteiger partial charge in [0.15, 0.2) is 0 Å². The minimum Gasteiger partial charge on any atom is -0.480 e. The average molecular weight is 513 g/mol. The highest BCUT2D eigenvalue weighted by Gasteiger charge is 2.27. The molecule has 0 aliphatic carbocycles. The summed E-state index contributed by atoms with van der Waals surface area (Å²) in [7, 11) is -4.35. The predicted octanol–water partition coefficient (Wildman–Crippen LogP) is 2.77. The number of piperazine rings is 1. The molecule has 9 nitrogen and oxygen atoms in total. The molecule has 3 N–H and O–H groups in total. The molecule has 11 heteroatoms. The Labute approximate surface area is 208 Å². The van der Waals surface area contributed by atoms with Crippen LogP contribution in [0.4, 0.5) is 21.5 Å². The van der Waals surface area contributed by atoms with Gasteiger partial charge in [-0.2, -0.15) is 0 Å². The fourth-order valence-corrected chi connectivity index (χ4v) is 5.30. The van der Waals surface area contributed by atoms with Gasteiger partial charge < -0.3 is 20.6 Å². The zero-order chi connectivity index (χ0) is 25.7. The maximum atomic E-state index is 13.6. The van der Waals surface area contributed by atoms with Gasteiger partial charge in [-0.1, -0.05) is 6.07 Å². The van der Waals surface area contributed by atoms with Crippen molar-refractivity contribution in [2.75, 3.05) is 47.2 Å². The number of sulfonamides is 1. The molecule has 0 bridgehead atoms. The molecule has 0 spiro atoms. The second-order valence-electron chi connectivity index (χ2n) is 8.15. The number of amides is 1. The Bertz CT molecular complexity index is 1340. The smallest absolute Gasteiger partial charge is 0.324 e. The number of carboxylic acid groups (broad SMARTS) is 1. The fraction of sp³-hybridized carbons (Fsp3) is 0.200. The summed E-state index contributed by atoms with van der Waals surface area (Å²) in [5.41, 5.74) is 1.95. The molecule has 3 aromatic rings. The lowest BCUT2D eigenvalue weighted by molar-refractivity contribution is -0.135. The second kappa shape index (κ2) is 10.8. The van der Waals surface area contributed by atoms with Crippen molar-refractivity contribution in [3.8, 4) is 0 Å². The number of hydrogen-bond acceptors (Lipinski definition) is 6. The number of aliphatic carboxylic acids is 1. The van der Waals surface area contributed by atoms with Crippen molar-refractivity contribution in [3.05, 3.63) is 84.2 Å². The lowest BCUT2D eigenvalue weighted by Gasteiger charge is -2.29. The zero-order valence-corrected chi connectivity index (χ0v) is 20.0. The number of carbonyl (C=O) groups excluding carboxylic acids is 1. The number of carbonyl (C=O) groups is 2. The first-order valence-electron chi connectivity index (χ1n) is 11.2. The van der Waals surface area contributed by atoms with E-state index < -0.39 is 28.4 Å². The lowest BCUT2D eigenvalue weighted by atomic mass is 10.1. The van der Waals surface area contributed by atoms with Crippen molar-refractivity contribution < 1.29 is 27.5 Å². The van der Waals surface area contributed by atoms with Crippen molar-refractivity contribution in [3.63, 3.8) is 0 Å². The Balaban J connectivity index is 1.49. The van der Waals surface area contributed by atoms with Gasteiger partial charge in [0.1, 0.15) is 12.4 Å². The second-order valence-corrected chi connectivity index (χ2v) is 10.0. The van der Waals surface area contributed by atoms with Gasteiger partial charge in [-0.05, 0) is 66.7 Å². The van der Waals surface area contributed by atoms with Gasteiger partial charge >= 0.3 is 5.97 Å². The van der Waals surface area contributed by atoms with Crippen LogP contribution in [0, 0.1) is 5.82 Å². The monoisotopic (exact) mass is 512 g/mol. The normalized spacial score (nSPS) is 13.8. The molecule has 1 fully saturated rings. The van der Waals surface area contributed by atoms with Crippen LogP contribution in [0.5, 0.6) is 0 Å². The summed E-state index contributed by atoms with van der Waals surface area (Å²) < 4.78 is 40.3. The van der Waals surface area contributed by atoms with Crippen molar-refractivity contribution in [1.82, 2.24) is 5.32 Å². The van der Waals surface area contributed by atoms with Gasteiger partial charge in [0.2, 0.25) is 0 Å². The Morgan fingerprint density at radius 1 is 1.00 bits per heavy atom. The minimum atomic E-state index is -4.35. The van der Waals surface area contributed by atoms with E-state index in [4.69, 9.17) is 0 Å². The molecule has 0 atom stereocenters. The Kier molecular flexibility index (Phi) is 7.51. The quantitative estimate of drug-likeness (QED) is 0.425. The van der Waals surface area contributed by atoms with Crippen LogP contribution in [-0.2, 0) is 14.8 Å². The zero-order valence-electron chi connectivity index (χ0n) is 19.2. The molecule has 0 aromatic heterocycles. The van der Waals surface area contributed by atoms with E-state index in [1.54, 1.807) is 12.1 Å². The van der Waals surface area contributed by atoms with Gasteiger partial charge in [0, 0.05) is 43.1 Å². The van der Waals surface area contributed by atoms with Crippen LogP contribution in [0.15, 0.2) is 77.7 Å². The molecule has 1 saturated heterocycles. The van der Waals surface area contributed by atoms with Gasteiger partial charge in [0.25, 0.3) is 15.9 Å². The molecular weight excluding hydrogens is 487 g/mol. The average Bonchev–Trinajstić information content (AvgIpc) is 2.88. The third-order valence-electron chi connectivity index (χ3n) is 5.69. The molecule has 188 valence electrons. The van der Waals surface area contributed by atoms with E-state index in [0.717, 1.165) is 44.0 Å². The van der Waals surface area contributed by atoms with Crippen molar-refractivity contribution in [2.24, 2.45) is 0 Å². The van der Waals surface area contributed by atoms with Gasteiger partial charge in [0.05, 0.1) is 10.6 Å². The number of rotatable bonds is 8. The Hall–Kier alpha value is -3.96. The van der Waals surface area contributed by atoms with Gasteiger partial charge in [-0.25, -0.2) is 12.8 Å². The Morgan fingerprint density at radius 2 is 1.67 bits per heavy atom. The number of benzene rings is 3. The van der Waals surface area contributed by atoms with Crippen LogP contribution in [0.2, 0.25) is 0 Å². The summed E-state index contributed by atoms with van der Waals surface area (Å²) in [6.07, 6.45) is 0. The number of carboxylic acids is 1. The van der Waals surface area contributed by atoms with E-state index in [0.29, 0.717) is 15.6 Å². The SMILES string of the molecule is O=C(O)CN(c1ccc(NC(=O)c2ccc(N3CCNCC3)cc2)cc1)S(=O)(=O)c1cccc(F)c1. The van der Waals surface area contributed by atoms with E-state index in [1.807, 2.05) is 12.1 Å². The van der Waals surface area contributed by atoms with Crippen LogP contribution in [-0.4, -0.2) is 58.1 Å². The number of hydrogen-bond donors (Lipinski definition) is 3. The first kappa shape index (κ1) is 25.1. The summed E-state index contributed by atoms with van der Waals surface area (Å²) in [5, 5.41) is 15.3. The fourth-order valence-electron chi connectivity index (χ4n) is 3.85. The molecule has 1 aliphatic heterocycles. The third kappa shape index (κ3) is 5.81. The lowest BCUT2D eigenvalue weighted by Crippen LogP contribution is -2.43. The van der Waals surface area contributed by atoms with Crippen LogP contribution in [0.25, 0.3) is 0 Å². The first-order valence-corrected chi connectivity index (χ1v) is 12.7. The molecule has 0 saturated carbocycles. The summed E-state index contributed by atoms with van der Waals surface area (Å²) >= 11 is 0. The molecule has 1 heterocycles. The van der Waals surface area contributed by atoms with E-state index in [2.05, 4.69) is 15.5 Å². The molecule has 4 rings (SSSR count). The minimum absolute atomic E-state index is 0.0556. The summed E-state index contributed by atoms with van der Waals surface area (Å²) in [5.74, 6) is -2.48. The van der Waals surface area contributed by atoms with Crippen LogP contribution in [0.1, 0.15) is 10.4 Å². The number of nitrogens with zero attached hydrogens (tertiary/aromatic N) is 2. The largest absolute Gasteiger partial charge is 0.480 e. The molecule has 0 unspecified atom stereocenters. The van der Waals surface area contributed by atoms with E-state index in [-0.39, 0.29) is 16.5 Å². The van der Waals surface area contributed by atoms with Crippen LogP contribution in [0.3, 0.4) is 0 Å². The number of anilines is 3. The maximum Gasteiger partial charge on any atom is 0.324 e. The summed E-state index contributed by atoms with van der Waals surface area (Å²) in [6.45, 7) is 2.75. The highest BCUT2D eigenvalue weighted by atomic mass is 32.2. The molecule has 0 radical (unpaired) electrons. The van der Waals surface area contributed by atoms with E-state index >= 15 is 0 Å². The number of halogens is 1.